The van der Waals surface area contributed by atoms with Crippen molar-refractivity contribution >= 4 is 13.7 Å². The number of carbonyl (C=O) groups is 1. The summed E-state index contributed by atoms with van der Waals surface area (Å²) in [5, 5.41) is 14.0. The molecule has 3 atom stereocenters. The lowest BCUT2D eigenvalue weighted by atomic mass is 10.0. The number of rotatable bonds is 48. The molecule has 0 heterocycles. The fourth-order valence-electron chi connectivity index (χ4n) is 7.69. The maximum absolute atomic E-state index is 12.9. The number of aliphatic hydroxyl groups excluding tert-OH is 1. The van der Waals surface area contributed by atoms with Gasteiger partial charge in [0.1, 0.15) is 13.2 Å². The van der Waals surface area contributed by atoms with Crippen LogP contribution < -0.4 is 5.32 Å². The van der Waals surface area contributed by atoms with Gasteiger partial charge in [0.15, 0.2) is 0 Å². The molecule has 8 nitrogen and oxygen atoms in total. The lowest BCUT2D eigenvalue weighted by Gasteiger charge is -2.26. The van der Waals surface area contributed by atoms with E-state index < -0.39 is 20.0 Å². The van der Waals surface area contributed by atoms with Gasteiger partial charge in [-0.25, -0.2) is 4.57 Å². The third-order valence-electron chi connectivity index (χ3n) is 11.8. The first-order valence-electron chi connectivity index (χ1n) is 26.5. The van der Waals surface area contributed by atoms with Crippen LogP contribution >= 0.6 is 7.82 Å². The van der Waals surface area contributed by atoms with Crippen molar-refractivity contribution in [1.82, 2.24) is 5.32 Å². The number of unbranched alkanes of at least 4 members (excludes halogenated alkanes) is 27. The van der Waals surface area contributed by atoms with Crippen molar-refractivity contribution in [2.75, 3.05) is 40.9 Å². The van der Waals surface area contributed by atoms with Crippen molar-refractivity contribution in [3.63, 3.8) is 0 Å². The third-order valence-corrected chi connectivity index (χ3v) is 12.8. The van der Waals surface area contributed by atoms with Crippen molar-refractivity contribution in [3.8, 4) is 0 Å². The average molecular weight is 908 g/mol. The van der Waals surface area contributed by atoms with Gasteiger partial charge in [-0.3, -0.25) is 13.8 Å². The number of aliphatic hydroxyl groups is 1. The smallest absolute Gasteiger partial charge is 0.391 e. The molecule has 3 N–H and O–H groups in total. The second kappa shape index (κ2) is 45.6. The molecule has 0 rings (SSSR count). The number of quaternary nitrogens is 1. The van der Waals surface area contributed by atoms with E-state index >= 15 is 0 Å². The van der Waals surface area contributed by atoms with Crippen LogP contribution in [0.15, 0.2) is 48.6 Å². The van der Waals surface area contributed by atoms with E-state index in [1.807, 2.05) is 21.1 Å². The van der Waals surface area contributed by atoms with Crippen molar-refractivity contribution in [1.29, 1.82) is 0 Å². The summed E-state index contributed by atoms with van der Waals surface area (Å²) < 4.78 is 23.7. The molecule has 0 radical (unpaired) electrons. The van der Waals surface area contributed by atoms with Gasteiger partial charge in [-0.15, -0.1) is 0 Å². The zero-order chi connectivity index (χ0) is 46.4. The summed E-state index contributed by atoms with van der Waals surface area (Å²) in [7, 11) is 1.62. The predicted octanol–water partition coefficient (Wildman–Crippen LogP) is 15.6. The topological polar surface area (TPSA) is 105 Å². The van der Waals surface area contributed by atoms with Gasteiger partial charge < -0.3 is 19.8 Å². The summed E-state index contributed by atoms with van der Waals surface area (Å²) in [5.41, 5.74) is 0. The highest BCUT2D eigenvalue weighted by atomic mass is 31.2. The highest BCUT2D eigenvalue weighted by Crippen LogP contribution is 2.43. The van der Waals surface area contributed by atoms with Gasteiger partial charge in [-0.2, -0.15) is 0 Å². The second-order valence-electron chi connectivity index (χ2n) is 19.2. The molecule has 0 spiro atoms. The molecule has 1 amide bonds. The molecule has 0 fully saturated rings. The number of carbonyl (C=O) groups excluding carboxylic acids is 1. The highest BCUT2D eigenvalue weighted by Gasteiger charge is 2.28. The van der Waals surface area contributed by atoms with Crippen LogP contribution in [0.4, 0.5) is 0 Å². The predicted molar refractivity (Wildman–Crippen MR) is 272 cm³/mol. The molecular weight excluding hydrogens is 804 g/mol. The Morgan fingerprint density at radius 2 is 0.952 bits per heavy atom. The van der Waals surface area contributed by atoms with Crippen LogP contribution in [0.25, 0.3) is 0 Å². The second-order valence-corrected chi connectivity index (χ2v) is 20.7. The number of allylic oxidation sites excluding steroid dienone is 8. The van der Waals surface area contributed by atoms with E-state index in [0.717, 1.165) is 64.2 Å². The number of hydrogen-bond acceptors (Lipinski definition) is 5. The first kappa shape index (κ1) is 61.5. The molecule has 0 saturated heterocycles. The number of phosphoric ester groups is 1. The van der Waals surface area contributed by atoms with Crippen LogP contribution in [0.1, 0.15) is 239 Å². The lowest BCUT2D eigenvalue weighted by molar-refractivity contribution is -0.870. The summed E-state index contributed by atoms with van der Waals surface area (Å²) in [4.78, 5) is 23.2. The Balaban J connectivity index is 4.07. The Morgan fingerprint density at radius 1 is 0.556 bits per heavy atom. The number of hydrogen-bond donors (Lipinski definition) is 3. The van der Waals surface area contributed by atoms with E-state index in [1.165, 1.54) is 148 Å². The Kier molecular flexibility index (Phi) is 44.5. The zero-order valence-corrected chi connectivity index (χ0v) is 43.0. The van der Waals surface area contributed by atoms with Crippen LogP contribution in [0.2, 0.25) is 0 Å². The van der Waals surface area contributed by atoms with E-state index in [9.17, 15) is 19.4 Å². The van der Waals surface area contributed by atoms with Crippen molar-refractivity contribution < 1.29 is 32.9 Å². The molecule has 0 aliphatic rings. The van der Waals surface area contributed by atoms with Gasteiger partial charge in [0, 0.05) is 6.42 Å². The monoisotopic (exact) mass is 908 g/mol. The molecule has 0 aromatic heterocycles. The molecule has 370 valence electrons. The summed E-state index contributed by atoms with van der Waals surface area (Å²) in [6.45, 7) is 4.78. The molecule has 3 unspecified atom stereocenters. The number of nitrogens with one attached hydrogen (secondary N) is 1. The number of nitrogens with zero attached hydrogens (tertiary/aromatic N) is 1. The molecule has 0 aromatic rings. The van der Waals surface area contributed by atoms with Crippen molar-refractivity contribution in [2.45, 2.75) is 251 Å². The minimum atomic E-state index is -4.32. The normalized spacial score (nSPS) is 14.5. The van der Waals surface area contributed by atoms with Crippen LogP contribution in [-0.2, 0) is 18.4 Å². The van der Waals surface area contributed by atoms with Crippen LogP contribution in [0, 0.1) is 0 Å². The molecule has 0 aliphatic heterocycles. The Hall–Kier alpha value is -1.54. The van der Waals surface area contributed by atoms with Crippen LogP contribution in [0.3, 0.4) is 0 Å². The van der Waals surface area contributed by atoms with Gasteiger partial charge in [0.2, 0.25) is 5.91 Å². The standard InChI is InChI=1S/C54H103N2O6P/c1-6-8-10-12-14-16-18-20-21-22-23-24-25-26-27-28-29-30-31-32-33-34-35-36-38-40-42-44-46-48-54(58)55-52(51-62-63(59,60)61-50-49-56(3,4)5)53(57)47-45-43-41-39-37-19-17-15-13-11-9-7-2/h8,10,14,16,20-21,23-24,52-53,57H,6-7,9,11-13,15,17-19,22,25-51H2,1-5H3,(H-,55,58,59,60)/p+1/b10-8-,16-14-,21-20-,24-23-. The number of likely N-dealkylation sites (N-methyl/N-ethyl adjacent to an activating group) is 1. The third kappa shape index (κ3) is 48.2. The van der Waals surface area contributed by atoms with E-state index in [2.05, 4.69) is 67.8 Å². The summed E-state index contributed by atoms with van der Waals surface area (Å²) in [6.07, 6.45) is 58.7. The number of phosphoric acid groups is 1. The Labute approximate surface area is 390 Å². The Bertz CT molecular complexity index is 1170. The molecule has 0 saturated carbocycles. The van der Waals surface area contributed by atoms with E-state index in [0.29, 0.717) is 23.9 Å². The Morgan fingerprint density at radius 3 is 1.40 bits per heavy atom. The highest BCUT2D eigenvalue weighted by molar-refractivity contribution is 7.47. The minimum Gasteiger partial charge on any atom is -0.391 e. The quantitative estimate of drug-likeness (QED) is 0.0243. The maximum atomic E-state index is 12.9. The van der Waals surface area contributed by atoms with Crippen molar-refractivity contribution in [2.24, 2.45) is 0 Å². The van der Waals surface area contributed by atoms with Gasteiger partial charge >= 0.3 is 7.82 Å². The average Bonchev–Trinajstić information content (AvgIpc) is 3.24. The van der Waals surface area contributed by atoms with Gasteiger partial charge in [0.05, 0.1) is 39.9 Å². The molecular formula is C54H104N2O6P+. The lowest BCUT2D eigenvalue weighted by Crippen LogP contribution is -2.46. The van der Waals surface area contributed by atoms with Gasteiger partial charge in [-0.05, 0) is 51.4 Å². The van der Waals surface area contributed by atoms with Gasteiger partial charge in [-0.1, -0.05) is 229 Å². The first-order chi connectivity index (χ1) is 30.5. The van der Waals surface area contributed by atoms with Crippen molar-refractivity contribution in [3.05, 3.63) is 48.6 Å². The van der Waals surface area contributed by atoms with Crippen LogP contribution in [-0.4, -0.2) is 73.4 Å². The molecule has 0 bridgehead atoms. The minimum absolute atomic E-state index is 0.0747. The summed E-state index contributed by atoms with van der Waals surface area (Å²) in [6, 6.07) is -0.759. The van der Waals surface area contributed by atoms with Crippen LogP contribution in [0.5, 0.6) is 0 Å². The van der Waals surface area contributed by atoms with Gasteiger partial charge in [0.25, 0.3) is 0 Å². The van der Waals surface area contributed by atoms with E-state index in [1.54, 1.807) is 0 Å². The zero-order valence-electron chi connectivity index (χ0n) is 42.1. The fraction of sp³-hybridized carbons (Fsp3) is 0.833. The summed E-state index contributed by atoms with van der Waals surface area (Å²) in [5.74, 6) is -0.145. The van der Waals surface area contributed by atoms with E-state index in [-0.39, 0.29) is 19.1 Å². The maximum Gasteiger partial charge on any atom is 0.472 e. The molecule has 63 heavy (non-hydrogen) atoms. The molecule has 9 heteroatoms. The first-order valence-corrected chi connectivity index (χ1v) is 28.0. The molecule has 0 aliphatic carbocycles. The largest absolute Gasteiger partial charge is 0.472 e. The summed E-state index contributed by atoms with van der Waals surface area (Å²) >= 11 is 0. The molecule has 0 aromatic carbocycles. The van der Waals surface area contributed by atoms with E-state index in [4.69, 9.17) is 9.05 Å². The number of amides is 1. The fourth-order valence-corrected chi connectivity index (χ4v) is 8.42. The SMILES string of the molecule is CC/C=C\C/C=C\C/C=C\C/C=C\CCCCCCCCCCCCCCCCCCC(=O)NC(COP(=O)(O)OCC[N+](C)(C)C)C(O)CCCCCCCCCCCCCC.